The van der Waals surface area contributed by atoms with Crippen LogP contribution in [0.15, 0.2) is 24.3 Å². The van der Waals surface area contributed by atoms with Crippen LogP contribution in [0.4, 0.5) is 10.5 Å². The summed E-state index contributed by atoms with van der Waals surface area (Å²) in [7, 11) is 0. The predicted molar refractivity (Wildman–Crippen MR) is 83.6 cm³/mol. The fraction of sp³-hybridized carbons (Fsp3) is 0.500. The summed E-state index contributed by atoms with van der Waals surface area (Å²) in [4.78, 5) is 22.0. The maximum atomic E-state index is 11.6. The lowest BCUT2D eigenvalue weighted by atomic mass is 10.1. The van der Waals surface area contributed by atoms with E-state index in [9.17, 15) is 9.59 Å². The van der Waals surface area contributed by atoms with E-state index in [1.807, 2.05) is 24.3 Å². The van der Waals surface area contributed by atoms with E-state index in [4.69, 9.17) is 5.11 Å². The first-order chi connectivity index (χ1) is 10.1. The van der Waals surface area contributed by atoms with Gasteiger partial charge in [-0.15, -0.1) is 0 Å². The summed E-state index contributed by atoms with van der Waals surface area (Å²) in [5.74, 6) is -0.803. The molecule has 0 aromatic heterocycles. The second-order valence-electron chi connectivity index (χ2n) is 5.03. The fourth-order valence-electron chi connectivity index (χ4n) is 1.91. The Bertz CT molecular complexity index is 443. The topological polar surface area (TPSA) is 78.4 Å². The fourth-order valence-corrected chi connectivity index (χ4v) is 1.91. The van der Waals surface area contributed by atoms with Gasteiger partial charge in [0.2, 0.25) is 0 Å². The highest BCUT2D eigenvalue weighted by atomic mass is 16.4. The van der Waals surface area contributed by atoms with E-state index in [2.05, 4.69) is 17.6 Å². The number of benzene rings is 1. The summed E-state index contributed by atoms with van der Waals surface area (Å²) in [5, 5.41) is 14.0. The summed E-state index contributed by atoms with van der Waals surface area (Å²) >= 11 is 0. The molecule has 5 nitrogen and oxygen atoms in total. The van der Waals surface area contributed by atoms with Crippen molar-refractivity contribution in [3.8, 4) is 0 Å². The average Bonchev–Trinajstić information content (AvgIpc) is 2.46. The number of carboxylic acid groups (broad SMARTS) is 1. The Morgan fingerprint density at radius 3 is 2.43 bits per heavy atom. The van der Waals surface area contributed by atoms with E-state index in [1.165, 1.54) is 18.4 Å². The number of carboxylic acids is 1. The predicted octanol–water partition coefficient (Wildman–Crippen LogP) is 3.41. The zero-order valence-corrected chi connectivity index (χ0v) is 12.5. The first-order valence-electron chi connectivity index (χ1n) is 7.47. The Labute approximate surface area is 125 Å². The van der Waals surface area contributed by atoms with Crippen LogP contribution in [0.2, 0.25) is 0 Å². The van der Waals surface area contributed by atoms with Crippen LogP contribution in [0.1, 0.15) is 44.6 Å². The highest BCUT2D eigenvalue weighted by Crippen LogP contribution is 2.11. The molecule has 1 rings (SSSR count). The van der Waals surface area contributed by atoms with Crippen molar-refractivity contribution in [2.24, 2.45) is 0 Å². The van der Waals surface area contributed by atoms with Crippen molar-refractivity contribution >= 4 is 17.7 Å². The number of carbonyl (C=O) groups excluding carboxylic acids is 1. The third-order valence-corrected chi connectivity index (χ3v) is 3.13. The van der Waals surface area contributed by atoms with Gasteiger partial charge in [-0.1, -0.05) is 25.5 Å². The zero-order chi connectivity index (χ0) is 15.5. The lowest BCUT2D eigenvalue weighted by molar-refractivity contribution is -0.137. The molecule has 0 heterocycles. The number of carbonyl (C=O) groups is 2. The van der Waals surface area contributed by atoms with E-state index >= 15 is 0 Å². The first kappa shape index (κ1) is 17.0. The molecule has 0 atom stereocenters. The summed E-state index contributed by atoms with van der Waals surface area (Å²) in [6.45, 7) is 2.64. The van der Waals surface area contributed by atoms with Crippen molar-refractivity contribution in [1.29, 1.82) is 0 Å². The Kier molecular flexibility index (Phi) is 7.94. The number of unbranched alkanes of at least 4 members (excludes halogenated alkanes) is 2. The third-order valence-electron chi connectivity index (χ3n) is 3.13. The van der Waals surface area contributed by atoms with Gasteiger partial charge in [-0.2, -0.15) is 0 Å². The lowest BCUT2D eigenvalue weighted by Crippen LogP contribution is -2.29. The molecule has 2 amide bonds. The van der Waals surface area contributed by atoms with Crippen molar-refractivity contribution in [3.05, 3.63) is 29.8 Å². The molecule has 5 heteroatoms. The molecule has 0 fully saturated rings. The molecular weight excluding hydrogens is 268 g/mol. The SMILES string of the molecule is CCCCc1ccc(NC(=O)NCCCCC(=O)O)cc1. The number of hydrogen-bond acceptors (Lipinski definition) is 2. The molecule has 0 aliphatic rings. The standard InChI is InChI=1S/C16H24N2O3/c1-2-3-6-13-8-10-14(11-9-13)18-16(21)17-12-5-4-7-15(19)20/h8-11H,2-7,12H2,1H3,(H,19,20)(H2,17,18,21). The maximum absolute atomic E-state index is 11.6. The van der Waals surface area contributed by atoms with Gasteiger partial charge in [0.25, 0.3) is 0 Å². The number of hydrogen-bond donors (Lipinski definition) is 3. The highest BCUT2D eigenvalue weighted by Gasteiger charge is 2.02. The van der Waals surface area contributed by atoms with Crippen LogP contribution in [-0.4, -0.2) is 23.7 Å². The average molecular weight is 292 g/mol. The summed E-state index contributed by atoms with van der Waals surface area (Å²) in [6, 6.07) is 7.59. The molecule has 116 valence electrons. The van der Waals surface area contributed by atoms with Gasteiger partial charge in [0.05, 0.1) is 0 Å². The van der Waals surface area contributed by atoms with E-state index in [0.29, 0.717) is 19.4 Å². The monoisotopic (exact) mass is 292 g/mol. The van der Waals surface area contributed by atoms with E-state index in [0.717, 1.165) is 12.1 Å². The molecule has 0 unspecified atom stereocenters. The van der Waals surface area contributed by atoms with Crippen molar-refractivity contribution < 1.29 is 14.7 Å². The number of aliphatic carboxylic acids is 1. The van der Waals surface area contributed by atoms with E-state index < -0.39 is 5.97 Å². The minimum Gasteiger partial charge on any atom is -0.481 e. The number of nitrogens with one attached hydrogen (secondary N) is 2. The third kappa shape index (κ3) is 7.97. The first-order valence-corrected chi connectivity index (χ1v) is 7.47. The number of urea groups is 1. The van der Waals surface area contributed by atoms with Gasteiger partial charge in [-0.05, 0) is 43.4 Å². The largest absolute Gasteiger partial charge is 0.481 e. The second kappa shape index (κ2) is 9.80. The number of aryl methyl sites for hydroxylation is 1. The van der Waals surface area contributed by atoms with Crippen LogP contribution in [0.3, 0.4) is 0 Å². The van der Waals surface area contributed by atoms with Crippen LogP contribution in [-0.2, 0) is 11.2 Å². The molecule has 0 bridgehead atoms. The van der Waals surface area contributed by atoms with Crippen molar-refractivity contribution in [2.75, 3.05) is 11.9 Å². The molecule has 1 aromatic carbocycles. The molecule has 0 spiro atoms. The second-order valence-corrected chi connectivity index (χ2v) is 5.03. The van der Waals surface area contributed by atoms with Crippen molar-refractivity contribution in [3.63, 3.8) is 0 Å². The highest BCUT2D eigenvalue weighted by molar-refractivity contribution is 5.89. The summed E-state index contributed by atoms with van der Waals surface area (Å²) < 4.78 is 0. The van der Waals surface area contributed by atoms with Gasteiger partial charge in [-0.3, -0.25) is 4.79 Å². The van der Waals surface area contributed by atoms with Gasteiger partial charge >= 0.3 is 12.0 Å². The number of anilines is 1. The molecule has 1 aromatic rings. The van der Waals surface area contributed by atoms with Crippen molar-refractivity contribution in [2.45, 2.75) is 45.4 Å². The molecule has 0 saturated carbocycles. The van der Waals surface area contributed by atoms with Gasteiger partial charge in [0, 0.05) is 18.7 Å². The smallest absolute Gasteiger partial charge is 0.319 e. The van der Waals surface area contributed by atoms with E-state index in [1.54, 1.807) is 0 Å². The Morgan fingerprint density at radius 2 is 1.81 bits per heavy atom. The number of amides is 2. The van der Waals surface area contributed by atoms with Gasteiger partial charge in [0.1, 0.15) is 0 Å². The maximum Gasteiger partial charge on any atom is 0.319 e. The lowest BCUT2D eigenvalue weighted by Gasteiger charge is -2.08. The Morgan fingerprint density at radius 1 is 1.10 bits per heavy atom. The molecule has 0 aliphatic heterocycles. The summed E-state index contributed by atoms with van der Waals surface area (Å²) in [5.41, 5.74) is 2.04. The minimum absolute atomic E-state index is 0.141. The van der Waals surface area contributed by atoms with Crippen molar-refractivity contribution in [1.82, 2.24) is 5.32 Å². The molecule has 3 N–H and O–H groups in total. The molecule has 0 radical (unpaired) electrons. The van der Waals surface area contributed by atoms with Gasteiger partial charge < -0.3 is 15.7 Å². The number of rotatable bonds is 9. The molecule has 21 heavy (non-hydrogen) atoms. The zero-order valence-electron chi connectivity index (χ0n) is 12.5. The Balaban J connectivity index is 2.23. The van der Waals surface area contributed by atoms with Crippen LogP contribution < -0.4 is 10.6 Å². The van der Waals surface area contributed by atoms with E-state index in [-0.39, 0.29) is 12.5 Å². The normalized spacial score (nSPS) is 10.1. The molecule has 0 aliphatic carbocycles. The quantitative estimate of drug-likeness (QED) is 0.610. The van der Waals surface area contributed by atoms with Gasteiger partial charge in [-0.25, -0.2) is 4.79 Å². The Hall–Kier alpha value is -2.04. The molecule has 0 saturated heterocycles. The molecular formula is C16H24N2O3. The van der Waals surface area contributed by atoms with Crippen LogP contribution in [0, 0.1) is 0 Å². The van der Waals surface area contributed by atoms with Gasteiger partial charge in [0.15, 0.2) is 0 Å². The minimum atomic E-state index is -0.803. The van der Waals surface area contributed by atoms with Crippen LogP contribution >= 0.6 is 0 Å². The summed E-state index contributed by atoms with van der Waals surface area (Å²) in [6.07, 6.45) is 4.78. The van der Waals surface area contributed by atoms with Crippen LogP contribution in [0.5, 0.6) is 0 Å². The van der Waals surface area contributed by atoms with Crippen LogP contribution in [0.25, 0.3) is 0 Å².